The molecule has 16 heteroatoms. The van der Waals surface area contributed by atoms with Gasteiger partial charge in [-0.2, -0.15) is 9.97 Å². The smallest absolute Gasteiger partial charge is 0.327 e. The van der Waals surface area contributed by atoms with E-state index in [0.717, 1.165) is 24.2 Å². The predicted molar refractivity (Wildman–Crippen MR) is 135 cm³/mol. The molecule has 2 aliphatic heterocycles. The number of hydrogen-bond acceptors (Lipinski definition) is 13. The maximum absolute atomic E-state index is 13.5. The third-order valence-electron chi connectivity index (χ3n) is 6.26. The van der Waals surface area contributed by atoms with Crippen LogP contribution in [0.15, 0.2) is 6.33 Å². The number of nitrogens with two attached hydrogens (primary N) is 1. The highest BCUT2D eigenvalue weighted by molar-refractivity contribution is 8.56. The van der Waals surface area contributed by atoms with Gasteiger partial charge in [0.1, 0.15) is 23.9 Å². The van der Waals surface area contributed by atoms with Gasteiger partial charge in [0.15, 0.2) is 17.4 Å². The van der Waals surface area contributed by atoms with Crippen LogP contribution in [0.2, 0.25) is 0 Å². The van der Waals surface area contributed by atoms with E-state index < -0.39 is 42.8 Å². The number of unbranched alkanes of at least 4 members (excludes halogenated alkanes) is 1. The largest absolute Gasteiger partial charge is 0.479 e. The predicted octanol–water partition coefficient (Wildman–Crippen LogP) is 1.38. The Balaban J connectivity index is 1.47. The van der Waals surface area contributed by atoms with Gasteiger partial charge in [0.2, 0.25) is 11.8 Å². The number of aliphatic hydroxyl groups is 2. The lowest BCUT2D eigenvalue weighted by atomic mass is 9.96. The molecular weight excluding hydrogens is 527 g/mol. The zero-order valence-electron chi connectivity index (χ0n) is 20.9. The summed E-state index contributed by atoms with van der Waals surface area (Å²) in [5.74, 6) is 0.128. The fourth-order valence-corrected chi connectivity index (χ4v) is 8.04. The highest BCUT2D eigenvalue weighted by Gasteiger charge is 2.54. The van der Waals surface area contributed by atoms with E-state index in [1.807, 2.05) is 6.92 Å². The molecule has 0 radical (unpaired) electrons. The fraction of sp³-hybridized carbons (Fsp3) is 0.714. The number of carbonyl (C=O) groups is 1. The van der Waals surface area contributed by atoms with Crippen molar-refractivity contribution in [2.75, 3.05) is 31.8 Å². The lowest BCUT2D eigenvalue weighted by molar-refractivity contribution is -0.146. The minimum Gasteiger partial charge on any atom is -0.479 e. The van der Waals surface area contributed by atoms with Crippen molar-refractivity contribution in [3.05, 3.63) is 6.33 Å². The van der Waals surface area contributed by atoms with Crippen LogP contribution in [0.25, 0.3) is 11.2 Å². The molecule has 6 atom stereocenters. The Kier molecular flexibility index (Phi) is 8.63. The van der Waals surface area contributed by atoms with Crippen LogP contribution in [0.3, 0.4) is 0 Å². The summed E-state index contributed by atoms with van der Waals surface area (Å²) in [6, 6.07) is -0.764. The van der Waals surface area contributed by atoms with Gasteiger partial charge in [-0.15, -0.1) is 0 Å². The number of ether oxygens (including phenoxy) is 3. The Bertz CT molecular complexity index is 1170. The van der Waals surface area contributed by atoms with Crippen molar-refractivity contribution in [2.24, 2.45) is 0 Å². The topological polar surface area (TPSA) is 193 Å². The average Bonchev–Trinajstić information content (AvgIpc) is 3.28. The maximum Gasteiger partial charge on any atom is 0.327 e. The first-order valence-corrected chi connectivity index (χ1v) is 15.2. The van der Waals surface area contributed by atoms with Crippen LogP contribution in [0.5, 0.6) is 5.88 Å². The minimum absolute atomic E-state index is 0.0680. The Morgan fingerprint density at radius 1 is 1.46 bits per heavy atom. The summed E-state index contributed by atoms with van der Waals surface area (Å²) >= 11 is 1.08. The molecule has 2 aromatic heterocycles. The zero-order chi connectivity index (χ0) is 26.8. The Hall–Kier alpha value is -2.00. The van der Waals surface area contributed by atoms with Crippen molar-refractivity contribution in [2.45, 2.75) is 69.6 Å². The molecule has 0 bridgehead atoms. The minimum atomic E-state index is -3.54. The van der Waals surface area contributed by atoms with Gasteiger partial charge in [-0.3, -0.25) is 13.9 Å². The van der Waals surface area contributed by atoms with Gasteiger partial charge in [-0.1, -0.05) is 24.7 Å². The number of methoxy groups -OCH3 is 1. The number of nitrogen functional groups attached to an aromatic ring is 1. The van der Waals surface area contributed by atoms with Crippen LogP contribution < -0.4 is 15.6 Å². The van der Waals surface area contributed by atoms with E-state index in [9.17, 15) is 19.6 Å². The fourth-order valence-electron chi connectivity index (χ4n) is 4.20. The van der Waals surface area contributed by atoms with Crippen LogP contribution >= 0.6 is 18.1 Å². The number of anilines is 1. The molecule has 2 fully saturated rings. The molecule has 0 aromatic carbocycles. The molecule has 206 valence electrons. The molecular formula is C21H33N6O8PS. The van der Waals surface area contributed by atoms with Gasteiger partial charge in [0.05, 0.1) is 26.7 Å². The number of nitrogens with zero attached hydrogens (tertiary/aromatic N) is 4. The van der Waals surface area contributed by atoms with Gasteiger partial charge in [0.25, 0.3) is 0 Å². The number of hydrogen-bond donors (Lipinski definition) is 4. The second-order valence-corrected chi connectivity index (χ2v) is 13.5. The van der Waals surface area contributed by atoms with Crippen LogP contribution in [0.1, 0.15) is 45.8 Å². The summed E-state index contributed by atoms with van der Waals surface area (Å²) in [5.41, 5.74) is 4.53. The highest BCUT2D eigenvalue weighted by atomic mass is 32.7. The normalized spacial score (nSPS) is 32.4. The van der Waals surface area contributed by atoms with Crippen molar-refractivity contribution in [3.8, 4) is 5.88 Å². The third-order valence-corrected chi connectivity index (χ3v) is 10.4. The molecule has 2 aliphatic rings. The SMILES string of the molecule is CCCCOC(=O)[C@@H]1CCCS[P@@](=O)(OC[C@H]2O[C@@H](n3cnc4c(OC)nc(N)nc43)[C@](C)(O)[C@@H]2O)N1. The molecule has 4 rings (SSSR count). The standard InChI is InChI=1S/C21H33N6O8PS/c1-4-5-8-33-18(29)12-7-6-9-37-36(31,26-12)34-10-13-15(28)21(2,30)19(35-13)27-11-23-14-16(27)24-20(22)25-17(14)32-3/h11-13,15,19,28,30H,4-10H2,1-3H3,(H,26,31)(H2,22,24,25)/t12-,13+,15+,19+,21+,36-/m0/s1. The summed E-state index contributed by atoms with van der Waals surface area (Å²) < 4.78 is 37.1. The number of rotatable bonds is 9. The van der Waals surface area contributed by atoms with E-state index in [1.54, 1.807) is 0 Å². The molecule has 0 aliphatic carbocycles. The lowest BCUT2D eigenvalue weighted by Crippen LogP contribution is -2.44. The second kappa shape index (κ2) is 11.4. The van der Waals surface area contributed by atoms with Crippen LogP contribution in [-0.2, 0) is 23.4 Å². The first-order valence-electron chi connectivity index (χ1n) is 12.0. The average molecular weight is 561 g/mol. The van der Waals surface area contributed by atoms with Crippen molar-refractivity contribution < 1.29 is 38.3 Å². The molecule has 2 saturated heterocycles. The highest BCUT2D eigenvalue weighted by Crippen LogP contribution is 2.58. The van der Waals surface area contributed by atoms with Crippen molar-refractivity contribution >= 4 is 41.2 Å². The third kappa shape index (κ3) is 5.87. The summed E-state index contributed by atoms with van der Waals surface area (Å²) in [6.07, 6.45) is 0.538. The van der Waals surface area contributed by atoms with E-state index in [0.29, 0.717) is 30.7 Å². The van der Waals surface area contributed by atoms with Gasteiger partial charge in [-0.05, 0) is 26.2 Å². The van der Waals surface area contributed by atoms with Gasteiger partial charge in [-0.25, -0.2) is 10.1 Å². The lowest BCUT2D eigenvalue weighted by Gasteiger charge is -2.27. The summed E-state index contributed by atoms with van der Waals surface area (Å²) in [7, 11) is 1.41. The molecule has 2 aromatic rings. The van der Waals surface area contributed by atoms with Gasteiger partial charge < -0.3 is 34.7 Å². The van der Waals surface area contributed by atoms with Crippen LogP contribution in [0, 0.1) is 0 Å². The molecule has 14 nitrogen and oxygen atoms in total. The second-order valence-electron chi connectivity index (χ2n) is 9.08. The van der Waals surface area contributed by atoms with Gasteiger partial charge >= 0.3 is 12.7 Å². The molecule has 0 spiro atoms. The Labute approximate surface area is 217 Å². The van der Waals surface area contributed by atoms with Crippen LogP contribution in [-0.4, -0.2) is 85.6 Å². The number of aliphatic hydroxyl groups excluding tert-OH is 1. The van der Waals surface area contributed by atoms with E-state index in [-0.39, 0.29) is 24.1 Å². The molecule has 37 heavy (non-hydrogen) atoms. The quantitative estimate of drug-likeness (QED) is 0.195. The van der Waals surface area contributed by atoms with Crippen LogP contribution in [0.4, 0.5) is 5.95 Å². The van der Waals surface area contributed by atoms with Crippen molar-refractivity contribution in [1.29, 1.82) is 0 Å². The van der Waals surface area contributed by atoms with Crippen molar-refractivity contribution in [1.82, 2.24) is 24.6 Å². The number of nitrogens with one attached hydrogen (secondary N) is 1. The Morgan fingerprint density at radius 2 is 2.24 bits per heavy atom. The summed E-state index contributed by atoms with van der Waals surface area (Å²) in [4.78, 5) is 24.9. The molecule has 0 amide bonds. The Morgan fingerprint density at radius 3 is 2.97 bits per heavy atom. The number of esters is 1. The monoisotopic (exact) mass is 560 g/mol. The molecule has 0 unspecified atom stereocenters. The number of imidazole rings is 1. The van der Waals surface area contributed by atoms with E-state index in [2.05, 4.69) is 20.0 Å². The van der Waals surface area contributed by atoms with E-state index >= 15 is 0 Å². The summed E-state index contributed by atoms with van der Waals surface area (Å²) in [5, 5.41) is 24.9. The first kappa shape index (κ1) is 28.0. The number of carbonyl (C=O) groups excluding carboxylic acids is 1. The molecule has 4 heterocycles. The maximum atomic E-state index is 13.5. The molecule has 0 saturated carbocycles. The van der Waals surface area contributed by atoms with E-state index in [1.165, 1.54) is 24.9 Å². The zero-order valence-corrected chi connectivity index (χ0v) is 22.6. The number of aromatic nitrogens is 4. The summed E-state index contributed by atoms with van der Waals surface area (Å²) in [6.45, 7) is -0.156. The number of fused-ring (bicyclic) bond motifs is 1. The van der Waals surface area contributed by atoms with E-state index in [4.69, 9.17) is 24.5 Å². The van der Waals surface area contributed by atoms with Crippen molar-refractivity contribution in [3.63, 3.8) is 0 Å². The first-order chi connectivity index (χ1) is 17.6. The molecule has 5 N–H and O–H groups in total. The van der Waals surface area contributed by atoms with Gasteiger partial charge in [0, 0.05) is 5.75 Å².